The molecule has 3 unspecified atom stereocenters. The summed E-state index contributed by atoms with van der Waals surface area (Å²) in [6.07, 6.45) is 15.6. The minimum atomic E-state index is 0.309. The summed E-state index contributed by atoms with van der Waals surface area (Å²) < 4.78 is 2.14. The maximum absolute atomic E-state index is 9.20. The number of allylic oxidation sites excluding steroid dienone is 2. The van der Waals surface area contributed by atoms with E-state index in [-0.39, 0.29) is 0 Å². The average molecular weight is 354 g/mol. The predicted octanol–water partition coefficient (Wildman–Crippen LogP) is 4.61. The summed E-state index contributed by atoms with van der Waals surface area (Å²) in [6, 6.07) is 0.514. The fourth-order valence-electron chi connectivity index (χ4n) is 7.44. The molecule has 0 aliphatic heterocycles. The zero-order valence-corrected chi connectivity index (χ0v) is 15.9. The number of nitrogens with zero attached hydrogens (tertiary/aromatic N) is 4. The SMILES string of the molecule is C[C@]12CC/C(=N\O)C=C1CCC1C2CC[C@@]2(C)C1CC[C@@H]2n1cncn1. The summed E-state index contributed by atoms with van der Waals surface area (Å²) >= 11 is 0. The van der Waals surface area contributed by atoms with Crippen LogP contribution in [0.3, 0.4) is 0 Å². The third-order valence-corrected chi connectivity index (χ3v) is 8.81. The highest BCUT2D eigenvalue weighted by molar-refractivity contribution is 5.96. The van der Waals surface area contributed by atoms with Crippen molar-refractivity contribution in [1.82, 2.24) is 14.8 Å². The monoisotopic (exact) mass is 354 g/mol. The van der Waals surface area contributed by atoms with Gasteiger partial charge in [-0.1, -0.05) is 24.6 Å². The molecule has 0 saturated heterocycles. The second-order valence-electron chi connectivity index (χ2n) is 9.61. The van der Waals surface area contributed by atoms with Crippen LogP contribution in [0.5, 0.6) is 0 Å². The van der Waals surface area contributed by atoms with Crippen molar-refractivity contribution in [2.75, 3.05) is 0 Å². The first-order chi connectivity index (χ1) is 12.6. The van der Waals surface area contributed by atoms with Crippen molar-refractivity contribution in [2.45, 2.75) is 71.3 Å². The number of hydrogen-bond donors (Lipinski definition) is 1. The molecule has 1 aromatic rings. The predicted molar refractivity (Wildman–Crippen MR) is 100.0 cm³/mol. The van der Waals surface area contributed by atoms with Crippen molar-refractivity contribution in [3.63, 3.8) is 0 Å². The minimum Gasteiger partial charge on any atom is -0.411 e. The lowest BCUT2D eigenvalue weighted by atomic mass is 9.47. The Bertz CT molecular complexity index is 754. The van der Waals surface area contributed by atoms with Crippen LogP contribution in [0.2, 0.25) is 0 Å². The van der Waals surface area contributed by atoms with Gasteiger partial charge in [0.25, 0.3) is 0 Å². The van der Waals surface area contributed by atoms with E-state index in [1.807, 2.05) is 6.33 Å². The lowest BCUT2D eigenvalue weighted by molar-refractivity contribution is -0.0481. The molecule has 4 aliphatic carbocycles. The van der Waals surface area contributed by atoms with E-state index in [4.69, 9.17) is 0 Å². The molecular weight excluding hydrogens is 324 g/mol. The van der Waals surface area contributed by atoms with Gasteiger partial charge in [0.15, 0.2) is 0 Å². The molecule has 3 saturated carbocycles. The average Bonchev–Trinajstić information content (AvgIpc) is 3.27. The van der Waals surface area contributed by atoms with Crippen molar-refractivity contribution in [3.8, 4) is 0 Å². The van der Waals surface area contributed by atoms with Crippen LogP contribution in [0, 0.1) is 28.6 Å². The number of oxime groups is 1. The second kappa shape index (κ2) is 5.67. The first-order valence-corrected chi connectivity index (χ1v) is 10.3. The molecule has 3 fully saturated rings. The van der Waals surface area contributed by atoms with Gasteiger partial charge in [-0.3, -0.25) is 0 Å². The lowest BCUT2D eigenvalue weighted by Crippen LogP contribution is -2.50. The minimum absolute atomic E-state index is 0.309. The van der Waals surface area contributed by atoms with E-state index in [1.165, 1.54) is 38.5 Å². The molecule has 5 heteroatoms. The molecule has 0 radical (unpaired) electrons. The van der Waals surface area contributed by atoms with E-state index in [1.54, 1.807) is 11.9 Å². The van der Waals surface area contributed by atoms with Crippen LogP contribution in [-0.4, -0.2) is 25.7 Å². The molecule has 26 heavy (non-hydrogen) atoms. The lowest BCUT2D eigenvalue weighted by Gasteiger charge is -2.58. The number of hydrogen-bond acceptors (Lipinski definition) is 4. The first kappa shape index (κ1) is 16.5. The Hall–Kier alpha value is -1.65. The zero-order valence-electron chi connectivity index (χ0n) is 15.9. The van der Waals surface area contributed by atoms with Gasteiger partial charge in [0.1, 0.15) is 12.7 Å². The Labute approximate surface area is 155 Å². The van der Waals surface area contributed by atoms with Gasteiger partial charge in [-0.2, -0.15) is 5.10 Å². The molecule has 1 heterocycles. The Morgan fingerprint density at radius 1 is 1.12 bits per heavy atom. The van der Waals surface area contributed by atoms with Crippen molar-refractivity contribution < 1.29 is 5.21 Å². The van der Waals surface area contributed by atoms with Crippen molar-refractivity contribution in [3.05, 3.63) is 24.3 Å². The van der Waals surface area contributed by atoms with Crippen LogP contribution in [0.4, 0.5) is 0 Å². The molecule has 5 nitrogen and oxygen atoms in total. The highest BCUT2D eigenvalue weighted by atomic mass is 16.4. The van der Waals surface area contributed by atoms with Crippen LogP contribution < -0.4 is 0 Å². The molecule has 5 rings (SSSR count). The first-order valence-electron chi connectivity index (χ1n) is 10.3. The number of fused-ring (bicyclic) bond motifs is 5. The van der Waals surface area contributed by atoms with Crippen molar-refractivity contribution in [1.29, 1.82) is 0 Å². The van der Waals surface area contributed by atoms with Gasteiger partial charge in [-0.25, -0.2) is 9.67 Å². The van der Waals surface area contributed by atoms with Gasteiger partial charge < -0.3 is 5.21 Å². The molecule has 1 aromatic heterocycles. The van der Waals surface area contributed by atoms with E-state index in [0.29, 0.717) is 16.9 Å². The van der Waals surface area contributed by atoms with Crippen LogP contribution in [-0.2, 0) is 0 Å². The highest BCUT2D eigenvalue weighted by Crippen LogP contribution is 2.67. The Morgan fingerprint density at radius 2 is 2.00 bits per heavy atom. The quantitative estimate of drug-likeness (QED) is 0.591. The van der Waals surface area contributed by atoms with E-state index in [9.17, 15) is 5.21 Å². The van der Waals surface area contributed by atoms with Crippen LogP contribution in [0.15, 0.2) is 29.5 Å². The van der Waals surface area contributed by atoms with Gasteiger partial charge in [0.2, 0.25) is 0 Å². The smallest absolute Gasteiger partial charge is 0.137 e. The second-order valence-corrected chi connectivity index (χ2v) is 9.61. The van der Waals surface area contributed by atoms with E-state index < -0.39 is 0 Å². The molecular formula is C21H30N4O. The molecule has 4 aliphatic rings. The van der Waals surface area contributed by atoms with Gasteiger partial charge in [0.05, 0.1) is 11.8 Å². The van der Waals surface area contributed by atoms with Crippen molar-refractivity contribution >= 4 is 5.71 Å². The van der Waals surface area contributed by atoms with Crippen LogP contribution in [0.25, 0.3) is 0 Å². The Balaban J connectivity index is 1.47. The van der Waals surface area contributed by atoms with E-state index in [2.05, 4.69) is 39.8 Å². The summed E-state index contributed by atoms with van der Waals surface area (Å²) in [7, 11) is 0. The zero-order chi connectivity index (χ0) is 17.9. The normalized spacial score (nSPS) is 46.4. The summed E-state index contributed by atoms with van der Waals surface area (Å²) in [5.74, 6) is 2.43. The highest BCUT2D eigenvalue weighted by Gasteiger charge is 2.59. The van der Waals surface area contributed by atoms with Gasteiger partial charge in [-0.05, 0) is 86.0 Å². The van der Waals surface area contributed by atoms with Crippen LogP contribution in [0.1, 0.15) is 71.3 Å². The third kappa shape index (κ3) is 2.12. The van der Waals surface area contributed by atoms with E-state index >= 15 is 0 Å². The largest absolute Gasteiger partial charge is 0.411 e. The summed E-state index contributed by atoms with van der Waals surface area (Å²) in [5, 5.41) is 17.2. The molecule has 0 amide bonds. The Kier molecular flexibility index (Phi) is 3.60. The molecule has 0 spiro atoms. The van der Waals surface area contributed by atoms with Crippen LogP contribution >= 0.6 is 0 Å². The summed E-state index contributed by atoms with van der Waals surface area (Å²) in [5.41, 5.74) is 3.10. The molecule has 0 aromatic carbocycles. The standard InChI is InChI=1S/C21H30N4O/c1-20-9-7-15(24-26)11-14(20)3-4-16-17-5-6-19(25-13-22-12-23-25)21(17,2)10-8-18(16)20/h11-13,16-19,26H,3-10H2,1-2H3/b24-15+/t16?,17?,18?,19-,20-,21-/m0/s1. The molecule has 1 N–H and O–H groups in total. The number of aromatic nitrogens is 3. The summed E-state index contributed by atoms with van der Waals surface area (Å²) in [6.45, 7) is 5.02. The third-order valence-electron chi connectivity index (χ3n) is 8.81. The topological polar surface area (TPSA) is 63.3 Å². The maximum atomic E-state index is 9.20. The summed E-state index contributed by atoms with van der Waals surface area (Å²) in [4.78, 5) is 4.21. The fourth-order valence-corrected chi connectivity index (χ4v) is 7.44. The Morgan fingerprint density at radius 3 is 2.77 bits per heavy atom. The fraction of sp³-hybridized carbons (Fsp3) is 0.762. The number of rotatable bonds is 1. The molecule has 6 atom stereocenters. The van der Waals surface area contributed by atoms with Crippen molar-refractivity contribution in [2.24, 2.45) is 33.7 Å². The molecule has 0 bridgehead atoms. The van der Waals surface area contributed by atoms with Gasteiger partial charge in [-0.15, -0.1) is 0 Å². The van der Waals surface area contributed by atoms with Gasteiger partial charge >= 0.3 is 0 Å². The van der Waals surface area contributed by atoms with E-state index in [0.717, 1.165) is 36.3 Å². The molecule has 140 valence electrons. The van der Waals surface area contributed by atoms with Gasteiger partial charge in [0, 0.05) is 0 Å². The maximum Gasteiger partial charge on any atom is 0.137 e.